The van der Waals surface area contributed by atoms with E-state index in [4.69, 9.17) is 5.73 Å². The number of pyridine rings is 1. The molecular weight excluding hydrogens is 241 g/mol. The minimum absolute atomic E-state index is 0.329. The van der Waals surface area contributed by atoms with Gasteiger partial charge in [0.1, 0.15) is 23.0 Å². The van der Waals surface area contributed by atoms with Crippen molar-refractivity contribution in [3.05, 3.63) is 53.5 Å². The average molecular weight is 255 g/mol. The molecule has 3 rings (SSSR count). The van der Waals surface area contributed by atoms with Gasteiger partial charge >= 0.3 is 0 Å². The van der Waals surface area contributed by atoms with Gasteiger partial charge in [-0.25, -0.2) is 9.37 Å². The molecule has 0 aliphatic rings. The van der Waals surface area contributed by atoms with Crippen molar-refractivity contribution in [1.29, 1.82) is 0 Å². The summed E-state index contributed by atoms with van der Waals surface area (Å²) in [5, 5.41) is 0. The van der Waals surface area contributed by atoms with Crippen molar-refractivity contribution in [2.75, 3.05) is 5.73 Å². The van der Waals surface area contributed by atoms with Crippen molar-refractivity contribution in [2.24, 2.45) is 0 Å². The molecule has 0 aliphatic carbocycles. The van der Waals surface area contributed by atoms with Crippen molar-refractivity contribution >= 4 is 11.5 Å². The van der Waals surface area contributed by atoms with Gasteiger partial charge in [-0.15, -0.1) is 0 Å². The number of benzene rings is 1. The maximum Gasteiger partial charge on any atom is 0.140 e. The van der Waals surface area contributed by atoms with Gasteiger partial charge in [-0.2, -0.15) is 0 Å². The van der Waals surface area contributed by atoms with E-state index in [1.54, 1.807) is 10.5 Å². The van der Waals surface area contributed by atoms with E-state index >= 15 is 0 Å². The Morgan fingerprint density at radius 3 is 2.47 bits per heavy atom. The highest BCUT2D eigenvalue weighted by Crippen LogP contribution is 2.31. The lowest BCUT2D eigenvalue weighted by Gasteiger charge is -2.07. The maximum absolute atomic E-state index is 13.3. The molecule has 3 aromatic rings. The summed E-state index contributed by atoms with van der Waals surface area (Å²) in [6, 6.07) is 9.05. The highest BCUT2D eigenvalue weighted by molar-refractivity contribution is 5.79. The summed E-state index contributed by atoms with van der Waals surface area (Å²) in [6.45, 7) is 4.04. The highest BCUT2D eigenvalue weighted by atomic mass is 19.1. The summed E-state index contributed by atoms with van der Waals surface area (Å²) in [4.78, 5) is 4.52. The molecule has 0 amide bonds. The summed E-state index contributed by atoms with van der Waals surface area (Å²) in [7, 11) is 0. The van der Waals surface area contributed by atoms with E-state index < -0.39 is 0 Å². The molecule has 0 aliphatic heterocycles. The number of rotatable bonds is 1. The van der Waals surface area contributed by atoms with Crippen LogP contribution in [0.5, 0.6) is 0 Å². The topological polar surface area (TPSA) is 43.3 Å². The summed E-state index contributed by atoms with van der Waals surface area (Å²) < 4.78 is 14.9. The Morgan fingerprint density at radius 2 is 1.79 bits per heavy atom. The molecule has 0 radical (unpaired) electrons. The highest BCUT2D eigenvalue weighted by Gasteiger charge is 2.15. The van der Waals surface area contributed by atoms with Gasteiger partial charge in [-0.1, -0.05) is 18.2 Å². The molecule has 0 fully saturated rings. The molecule has 0 spiro atoms. The first kappa shape index (κ1) is 11.7. The summed E-state index contributed by atoms with van der Waals surface area (Å²) in [6.07, 6.45) is 1.36. The van der Waals surface area contributed by atoms with Gasteiger partial charge < -0.3 is 5.73 Å². The molecule has 0 unspecified atom stereocenters. The second-order valence-electron chi connectivity index (χ2n) is 4.69. The number of hydrogen-bond donors (Lipinski definition) is 1. The molecule has 96 valence electrons. The van der Waals surface area contributed by atoms with Gasteiger partial charge in [0.2, 0.25) is 0 Å². The second-order valence-corrected chi connectivity index (χ2v) is 4.69. The number of nitrogens with two attached hydrogens (primary N) is 1. The van der Waals surface area contributed by atoms with Gasteiger partial charge in [0.05, 0.1) is 0 Å². The van der Waals surface area contributed by atoms with Crippen LogP contribution in [0, 0.1) is 19.7 Å². The Hall–Kier alpha value is -2.36. The molecule has 1 aromatic carbocycles. The summed E-state index contributed by atoms with van der Waals surface area (Å²) in [5.41, 5.74) is 10.7. The number of aromatic nitrogens is 2. The SMILES string of the molecule is Cc1cccc(C)c1-c1nc2ccc(F)cn2c1N. The monoisotopic (exact) mass is 255 g/mol. The maximum atomic E-state index is 13.3. The second kappa shape index (κ2) is 4.09. The lowest BCUT2D eigenvalue weighted by atomic mass is 10.0. The van der Waals surface area contributed by atoms with Crippen LogP contribution in [0.4, 0.5) is 10.2 Å². The van der Waals surface area contributed by atoms with Crippen LogP contribution in [0.25, 0.3) is 16.9 Å². The Kier molecular flexibility index (Phi) is 2.52. The molecule has 4 heteroatoms. The zero-order valence-corrected chi connectivity index (χ0v) is 10.8. The Morgan fingerprint density at radius 1 is 1.11 bits per heavy atom. The zero-order chi connectivity index (χ0) is 13.6. The number of fused-ring (bicyclic) bond motifs is 1. The van der Waals surface area contributed by atoms with Crippen molar-refractivity contribution in [3.8, 4) is 11.3 Å². The first-order valence-corrected chi connectivity index (χ1v) is 6.07. The van der Waals surface area contributed by atoms with Crippen LogP contribution in [-0.4, -0.2) is 9.38 Å². The molecular formula is C15H14FN3. The molecule has 0 bridgehead atoms. The Balaban J connectivity index is 2.35. The van der Waals surface area contributed by atoms with Gasteiger partial charge in [0.15, 0.2) is 0 Å². The number of hydrogen-bond acceptors (Lipinski definition) is 2. The van der Waals surface area contributed by atoms with Crippen LogP contribution >= 0.6 is 0 Å². The minimum atomic E-state index is -0.329. The molecule has 0 atom stereocenters. The molecule has 2 heterocycles. The standard InChI is InChI=1S/C15H14FN3/c1-9-4-3-5-10(2)13(9)14-15(17)19-8-11(16)6-7-12(19)18-14/h3-8H,17H2,1-2H3. The van der Waals surface area contributed by atoms with Gasteiger partial charge in [-0.3, -0.25) is 4.40 Å². The molecule has 2 aromatic heterocycles. The van der Waals surface area contributed by atoms with E-state index in [9.17, 15) is 4.39 Å². The van der Waals surface area contributed by atoms with E-state index in [2.05, 4.69) is 4.98 Å². The van der Waals surface area contributed by atoms with Crippen molar-refractivity contribution in [3.63, 3.8) is 0 Å². The Bertz CT molecular complexity index is 754. The molecule has 2 N–H and O–H groups in total. The fourth-order valence-corrected chi connectivity index (χ4v) is 2.41. The third kappa shape index (κ3) is 1.76. The third-order valence-electron chi connectivity index (χ3n) is 3.34. The first-order chi connectivity index (χ1) is 9.08. The zero-order valence-electron chi connectivity index (χ0n) is 10.8. The largest absolute Gasteiger partial charge is 0.383 e. The van der Waals surface area contributed by atoms with Gasteiger partial charge in [0.25, 0.3) is 0 Å². The van der Waals surface area contributed by atoms with Crippen molar-refractivity contribution in [2.45, 2.75) is 13.8 Å². The van der Waals surface area contributed by atoms with Crippen LogP contribution in [-0.2, 0) is 0 Å². The number of imidazole rings is 1. The lowest BCUT2D eigenvalue weighted by molar-refractivity contribution is 0.619. The van der Waals surface area contributed by atoms with Crippen LogP contribution in [0.3, 0.4) is 0 Å². The smallest absolute Gasteiger partial charge is 0.140 e. The fourth-order valence-electron chi connectivity index (χ4n) is 2.41. The van der Waals surface area contributed by atoms with Crippen LogP contribution in [0.15, 0.2) is 36.5 Å². The molecule has 19 heavy (non-hydrogen) atoms. The van der Waals surface area contributed by atoms with Crippen LogP contribution in [0.1, 0.15) is 11.1 Å². The number of halogens is 1. The van der Waals surface area contributed by atoms with E-state index in [0.717, 1.165) is 16.7 Å². The lowest BCUT2D eigenvalue weighted by Crippen LogP contribution is -1.96. The normalized spacial score (nSPS) is 11.1. The van der Waals surface area contributed by atoms with Gasteiger partial charge in [0, 0.05) is 11.8 Å². The van der Waals surface area contributed by atoms with Crippen LogP contribution < -0.4 is 5.73 Å². The Labute approximate surface area is 110 Å². The number of aryl methyl sites for hydroxylation is 2. The summed E-state index contributed by atoms with van der Waals surface area (Å²) >= 11 is 0. The molecule has 0 saturated carbocycles. The predicted molar refractivity (Wildman–Crippen MR) is 74.5 cm³/mol. The van der Waals surface area contributed by atoms with Crippen molar-refractivity contribution < 1.29 is 4.39 Å². The first-order valence-electron chi connectivity index (χ1n) is 6.07. The van der Waals surface area contributed by atoms with E-state index in [-0.39, 0.29) is 5.82 Å². The fraction of sp³-hybridized carbons (Fsp3) is 0.133. The average Bonchev–Trinajstić information content (AvgIpc) is 2.67. The third-order valence-corrected chi connectivity index (χ3v) is 3.34. The van der Waals surface area contributed by atoms with Gasteiger partial charge in [-0.05, 0) is 37.1 Å². The summed E-state index contributed by atoms with van der Waals surface area (Å²) in [5.74, 6) is 0.136. The molecule has 3 nitrogen and oxygen atoms in total. The number of anilines is 1. The molecule has 0 saturated heterocycles. The predicted octanol–water partition coefficient (Wildman–Crippen LogP) is 3.34. The van der Waals surface area contributed by atoms with E-state index in [0.29, 0.717) is 17.2 Å². The van der Waals surface area contributed by atoms with E-state index in [1.165, 1.54) is 12.3 Å². The quantitative estimate of drug-likeness (QED) is 0.724. The van der Waals surface area contributed by atoms with Crippen LogP contribution in [0.2, 0.25) is 0 Å². The van der Waals surface area contributed by atoms with E-state index in [1.807, 2.05) is 32.0 Å². The van der Waals surface area contributed by atoms with Crippen molar-refractivity contribution in [1.82, 2.24) is 9.38 Å². The number of nitrogens with zero attached hydrogens (tertiary/aromatic N) is 2. The number of nitrogen functional groups attached to an aromatic ring is 1. The minimum Gasteiger partial charge on any atom is -0.383 e.